The molecule has 5 aromatic carbocycles. The predicted molar refractivity (Wildman–Crippen MR) is 136 cm³/mol. The normalized spacial score (nSPS) is 11.4. The molecule has 6 aromatic rings. The Labute approximate surface area is 186 Å². The number of fused-ring (bicyclic) bond motifs is 7. The molecule has 1 N–H and O–H groups in total. The van der Waals surface area contributed by atoms with Crippen LogP contribution in [0.15, 0.2) is 99.4 Å². The highest BCUT2D eigenvalue weighted by Gasteiger charge is 2.16. The van der Waals surface area contributed by atoms with Crippen LogP contribution < -0.4 is 5.09 Å². The van der Waals surface area contributed by atoms with Crippen LogP contribution in [0.2, 0.25) is 0 Å². The Hall–Kier alpha value is -3.68. The van der Waals surface area contributed by atoms with Gasteiger partial charge in [-0.25, -0.2) is 0 Å². The third kappa shape index (κ3) is 3.05. The summed E-state index contributed by atoms with van der Waals surface area (Å²) in [6.07, 6.45) is 0. The number of rotatable bonds is 2. The maximum atomic E-state index is 6.62. The summed E-state index contributed by atoms with van der Waals surface area (Å²) in [6.45, 7) is 4.23. The summed E-state index contributed by atoms with van der Waals surface area (Å²) < 4.78 is 13.2. The van der Waals surface area contributed by atoms with Crippen LogP contribution in [0.1, 0.15) is 11.1 Å². The molecular formula is C28H22NO2P. The minimum atomic E-state index is -1.44. The number of anilines is 1. The number of para-hydroxylation sites is 1. The van der Waals surface area contributed by atoms with Gasteiger partial charge in [0.25, 0.3) is 0 Å². The summed E-state index contributed by atoms with van der Waals surface area (Å²) in [5, 5.41) is 10.4. The molecule has 0 amide bonds. The second-order valence-electron chi connectivity index (χ2n) is 8.15. The Balaban J connectivity index is 1.87. The van der Waals surface area contributed by atoms with Gasteiger partial charge in [-0.15, -0.1) is 0 Å². The Morgan fingerprint density at radius 2 is 1.06 bits per heavy atom. The Bertz CT molecular complexity index is 1570. The fourth-order valence-corrected chi connectivity index (χ4v) is 5.81. The van der Waals surface area contributed by atoms with Crippen LogP contribution in [0.25, 0.3) is 43.5 Å². The van der Waals surface area contributed by atoms with Gasteiger partial charge in [0.2, 0.25) is 0 Å². The van der Waals surface area contributed by atoms with E-state index < -0.39 is 8.16 Å². The molecule has 0 saturated carbocycles. The molecule has 156 valence electrons. The van der Waals surface area contributed by atoms with Crippen LogP contribution in [0.5, 0.6) is 0 Å². The molecular weight excluding hydrogens is 413 g/mol. The molecule has 6 rings (SSSR count). The van der Waals surface area contributed by atoms with Gasteiger partial charge in [-0.05, 0) is 70.8 Å². The van der Waals surface area contributed by atoms with Crippen molar-refractivity contribution in [3.05, 3.63) is 102 Å². The van der Waals surface area contributed by atoms with Crippen molar-refractivity contribution in [1.29, 1.82) is 0 Å². The fraction of sp³-hybridized carbons (Fsp3) is 0.0714. The summed E-state index contributed by atoms with van der Waals surface area (Å²) in [4.78, 5) is 0. The third-order valence-corrected chi connectivity index (χ3v) is 7.10. The lowest BCUT2D eigenvalue weighted by Crippen LogP contribution is -1.85. The molecule has 0 fully saturated rings. The molecule has 0 radical (unpaired) electrons. The lowest BCUT2D eigenvalue weighted by molar-refractivity contribution is 0.643. The highest BCUT2D eigenvalue weighted by atomic mass is 31.1. The van der Waals surface area contributed by atoms with Crippen molar-refractivity contribution in [3.8, 4) is 0 Å². The van der Waals surface area contributed by atoms with Gasteiger partial charge in [0.15, 0.2) is 0 Å². The zero-order valence-electron chi connectivity index (χ0n) is 17.9. The van der Waals surface area contributed by atoms with Gasteiger partial charge in [0.05, 0.1) is 0 Å². The molecule has 0 atom stereocenters. The summed E-state index contributed by atoms with van der Waals surface area (Å²) in [6, 6.07) is 31.5. The molecule has 0 aliphatic carbocycles. The molecule has 0 aliphatic rings. The second-order valence-corrected chi connectivity index (χ2v) is 9.26. The first kappa shape index (κ1) is 19.0. The molecule has 32 heavy (non-hydrogen) atoms. The van der Waals surface area contributed by atoms with Crippen LogP contribution in [0.4, 0.5) is 5.69 Å². The van der Waals surface area contributed by atoms with Gasteiger partial charge in [-0.2, -0.15) is 0 Å². The van der Waals surface area contributed by atoms with Gasteiger partial charge < -0.3 is 8.39 Å². The summed E-state index contributed by atoms with van der Waals surface area (Å²) in [5.41, 5.74) is 4.94. The Morgan fingerprint density at radius 3 is 1.59 bits per heavy atom. The maximum absolute atomic E-state index is 6.62. The van der Waals surface area contributed by atoms with E-state index in [2.05, 4.69) is 79.6 Å². The number of benzene rings is 5. The van der Waals surface area contributed by atoms with Crippen molar-refractivity contribution in [1.82, 2.24) is 0 Å². The zero-order chi connectivity index (χ0) is 21.7. The largest absolute Gasteiger partial charge is 0.404 e. The quantitative estimate of drug-likeness (QED) is 0.295. The highest BCUT2D eigenvalue weighted by Crippen LogP contribution is 2.43. The Morgan fingerprint density at radius 1 is 0.594 bits per heavy atom. The minimum Gasteiger partial charge on any atom is -0.404 e. The van der Waals surface area contributed by atoms with Crippen LogP contribution in [-0.4, -0.2) is 0 Å². The number of hydrogen-bond acceptors (Lipinski definition) is 3. The van der Waals surface area contributed by atoms with Gasteiger partial charge in [-0.1, -0.05) is 66.7 Å². The topological polar surface area (TPSA) is 38.3 Å². The van der Waals surface area contributed by atoms with E-state index in [0.717, 1.165) is 38.8 Å². The van der Waals surface area contributed by atoms with Gasteiger partial charge in [0.1, 0.15) is 11.2 Å². The lowest BCUT2D eigenvalue weighted by Gasteiger charge is -2.08. The predicted octanol–water partition coefficient (Wildman–Crippen LogP) is 9.09. The first-order valence-electron chi connectivity index (χ1n) is 10.7. The minimum absolute atomic E-state index is 0.882. The summed E-state index contributed by atoms with van der Waals surface area (Å²) >= 11 is 0. The SMILES string of the molecule is Cc1cc2ccccc2c2c1op(Nc1ccccc1)oc1c(C)cc3ccccc3c12. The van der Waals surface area contributed by atoms with Crippen LogP contribution in [0.3, 0.4) is 0 Å². The van der Waals surface area contributed by atoms with Gasteiger partial charge >= 0.3 is 8.16 Å². The average Bonchev–Trinajstić information content (AvgIpc) is 2.98. The van der Waals surface area contributed by atoms with Crippen molar-refractivity contribution in [2.24, 2.45) is 0 Å². The van der Waals surface area contributed by atoms with E-state index in [0.29, 0.717) is 0 Å². The molecule has 3 nitrogen and oxygen atoms in total. The lowest BCUT2D eigenvalue weighted by atomic mass is 9.95. The molecule has 1 aromatic heterocycles. The third-order valence-electron chi connectivity index (χ3n) is 5.97. The van der Waals surface area contributed by atoms with Crippen molar-refractivity contribution in [2.75, 3.05) is 5.09 Å². The zero-order valence-corrected chi connectivity index (χ0v) is 18.8. The molecule has 4 heteroatoms. The first-order chi connectivity index (χ1) is 15.7. The summed E-state index contributed by atoms with van der Waals surface area (Å²) in [5.74, 6) is 0. The summed E-state index contributed by atoms with van der Waals surface area (Å²) in [7, 11) is -1.44. The first-order valence-corrected chi connectivity index (χ1v) is 11.9. The van der Waals surface area contributed by atoms with Crippen LogP contribution in [-0.2, 0) is 0 Å². The molecule has 0 unspecified atom stereocenters. The number of nitrogens with one attached hydrogen (secondary N) is 1. The Kier molecular flexibility index (Phi) is 4.45. The monoisotopic (exact) mass is 435 g/mol. The molecule has 1 heterocycles. The van der Waals surface area contributed by atoms with Gasteiger partial charge in [0, 0.05) is 16.5 Å². The number of aryl methyl sites for hydroxylation is 2. The van der Waals surface area contributed by atoms with Crippen LogP contribution >= 0.6 is 8.16 Å². The van der Waals surface area contributed by atoms with E-state index in [1.807, 2.05) is 30.3 Å². The molecule has 0 saturated heterocycles. The molecule has 0 aliphatic heterocycles. The van der Waals surface area contributed by atoms with E-state index >= 15 is 0 Å². The van der Waals surface area contributed by atoms with E-state index in [4.69, 9.17) is 8.39 Å². The smallest absolute Gasteiger partial charge is 0.338 e. The van der Waals surface area contributed by atoms with E-state index in [-0.39, 0.29) is 0 Å². The second kappa shape index (κ2) is 7.47. The van der Waals surface area contributed by atoms with Gasteiger partial charge in [-0.3, -0.25) is 5.09 Å². The molecule has 0 bridgehead atoms. The van der Waals surface area contributed by atoms with E-state index in [1.54, 1.807) is 0 Å². The maximum Gasteiger partial charge on any atom is 0.338 e. The highest BCUT2D eigenvalue weighted by molar-refractivity contribution is 7.39. The number of hydrogen-bond donors (Lipinski definition) is 1. The standard InChI is InChI=1S/C28H22NO2P/c1-18-16-20-10-6-8-14-23(20)25-26-24-15-9-7-11-21(24)17-19(2)28(26)31-32(30-27(18)25)29-22-12-4-3-5-13-22/h3-17,29H,1-2H3. The van der Waals surface area contributed by atoms with E-state index in [9.17, 15) is 0 Å². The average molecular weight is 435 g/mol. The van der Waals surface area contributed by atoms with Crippen LogP contribution in [0, 0.1) is 13.8 Å². The fourth-order valence-electron chi connectivity index (χ4n) is 4.52. The molecule has 0 spiro atoms. The van der Waals surface area contributed by atoms with E-state index in [1.165, 1.54) is 21.5 Å². The van der Waals surface area contributed by atoms with Crippen molar-refractivity contribution in [3.63, 3.8) is 0 Å². The van der Waals surface area contributed by atoms with Crippen molar-refractivity contribution >= 4 is 57.3 Å². The van der Waals surface area contributed by atoms with Crippen molar-refractivity contribution < 1.29 is 8.39 Å². The van der Waals surface area contributed by atoms with Crippen molar-refractivity contribution in [2.45, 2.75) is 13.8 Å².